The number of aryl methyl sites for hydroxylation is 1. The van der Waals surface area contributed by atoms with Crippen molar-refractivity contribution in [2.24, 2.45) is 5.41 Å². The first-order chi connectivity index (χ1) is 8.46. The van der Waals surface area contributed by atoms with Gasteiger partial charge in [-0.2, -0.15) is 5.10 Å². The average Bonchev–Trinajstić information content (AvgIpc) is 2.85. The molecular weight excluding hydrogens is 228 g/mol. The molecule has 1 amide bonds. The third kappa shape index (κ3) is 2.27. The lowest BCUT2D eigenvalue weighted by Gasteiger charge is -2.22. The number of nitrogens with zero attached hydrogens (tertiary/aromatic N) is 3. The summed E-state index contributed by atoms with van der Waals surface area (Å²) in [5, 5.41) is 7.26. The van der Waals surface area contributed by atoms with E-state index >= 15 is 0 Å². The molecule has 5 heteroatoms. The van der Waals surface area contributed by atoms with Crippen LogP contribution >= 0.6 is 0 Å². The Morgan fingerprint density at radius 2 is 2.33 bits per heavy atom. The molecule has 1 N–H and O–H groups in total. The van der Waals surface area contributed by atoms with E-state index < -0.39 is 0 Å². The van der Waals surface area contributed by atoms with Gasteiger partial charge in [0.05, 0.1) is 23.0 Å². The van der Waals surface area contributed by atoms with E-state index in [-0.39, 0.29) is 11.3 Å². The van der Waals surface area contributed by atoms with Gasteiger partial charge >= 0.3 is 0 Å². The van der Waals surface area contributed by atoms with Crippen LogP contribution in [-0.2, 0) is 11.3 Å². The molecule has 1 atom stereocenters. The van der Waals surface area contributed by atoms with Gasteiger partial charge in [-0.25, -0.2) is 0 Å². The number of likely N-dealkylation sites (tertiary alicyclic amines) is 1. The molecule has 18 heavy (non-hydrogen) atoms. The Hall–Kier alpha value is -1.36. The van der Waals surface area contributed by atoms with Crippen molar-refractivity contribution in [2.75, 3.05) is 25.5 Å². The zero-order valence-corrected chi connectivity index (χ0v) is 11.7. The van der Waals surface area contributed by atoms with E-state index in [1.165, 1.54) is 0 Å². The fourth-order valence-electron chi connectivity index (χ4n) is 2.54. The predicted octanol–water partition coefficient (Wildman–Crippen LogP) is 1.49. The highest BCUT2D eigenvalue weighted by atomic mass is 16.2. The minimum Gasteiger partial charge on any atom is -0.323 e. The second-order valence-electron chi connectivity index (χ2n) is 5.46. The van der Waals surface area contributed by atoms with Crippen LogP contribution in [0.1, 0.15) is 26.0 Å². The second-order valence-corrected chi connectivity index (χ2v) is 5.46. The number of hydrogen-bond donors (Lipinski definition) is 1. The van der Waals surface area contributed by atoms with Crippen LogP contribution < -0.4 is 5.32 Å². The molecule has 100 valence electrons. The zero-order valence-electron chi connectivity index (χ0n) is 11.7. The summed E-state index contributed by atoms with van der Waals surface area (Å²) in [6.07, 6.45) is 2.65. The molecule has 1 saturated heterocycles. The first-order valence-electron chi connectivity index (χ1n) is 6.48. The number of carbonyl (C=O) groups is 1. The van der Waals surface area contributed by atoms with Crippen LogP contribution in [0.3, 0.4) is 0 Å². The number of amides is 1. The van der Waals surface area contributed by atoms with Gasteiger partial charge in [-0.05, 0) is 40.8 Å². The highest BCUT2D eigenvalue weighted by Gasteiger charge is 2.39. The van der Waals surface area contributed by atoms with E-state index in [9.17, 15) is 4.79 Å². The Labute approximate surface area is 108 Å². The van der Waals surface area contributed by atoms with E-state index in [0.717, 1.165) is 37.4 Å². The molecule has 2 rings (SSSR count). The lowest BCUT2D eigenvalue weighted by Crippen LogP contribution is -2.35. The molecular formula is C13H22N4O. The van der Waals surface area contributed by atoms with Gasteiger partial charge in [0.2, 0.25) is 5.91 Å². The van der Waals surface area contributed by atoms with E-state index in [1.54, 1.807) is 6.20 Å². The quantitative estimate of drug-likeness (QED) is 0.884. The third-order valence-electron chi connectivity index (χ3n) is 3.86. The average molecular weight is 250 g/mol. The maximum atomic E-state index is 12.4. The molecule has 1 aromatic rings. The van der Waals surface area contributed by atoms with Gasteiger partial charge in [0.25, 0.3) is 0 Å². The van der Waals surface area contributed by atoms with Gasteiger partial charge in [-0.3, -0.25) is 9.48 Å². The van der Waals surface area contributed by atoms with Crippen molar-refractivity contribution in [2.45, 2.75) is 33.7 Å². The van der Waals surface area contributed by atoms with Crippen LogP contribution in [0.25, 0.3) is 0 Å². The topological polar surface area (TPSA) is 50.2 Å². The molecule has 0 bridgehead atoms. The van der Waals surface area contributed by atoms with Crippen molar-refractivity contribution in [1.82, 2.24) is 14.7 Å². The second kappa shape index (κ2) is 4.72. The summed E-state index contributed by atoms with van der Waals surface area (Å²) in [5.41, 5.74) is 1.56. The van der Waals surface area contributed by atoms with Crippen LogP contribution in [0.5, 0.6) is 0 Å². The third-order valence-corrected chi connectivity index (χ3v) is 3.86. The van der Waals surface area contributed by atoms with Crippen molar-refractivity contribution in [1.29, 1.82) is 0 Å². The number of nitrogens with one attached hydrogen (secondary N) is 1. The van der Waals surface area contributed by atoms with Crippen molar-refractivity contribution in [3.05, 3.63) is 11.9 Å². The SMILES string of the molecule is CCn1ncc(NC(=O)C2(C)CCN(C)C2)c1C. The highest BCUT2D eigenvalue weighted by molar-refractivity contribution is 5.95. The molecule has 0 spiro atoms. The molecule has 1 aliphatic rings. The number of carbonyl (C=O) groups excluding carboxylic acids is 1. The molecule has 0 aliphatic carbocycles. The van der Waals surface area contributed by atoms with E-state index in [1.807, 2.05) is 25.5 Å². The molecule has 0 radical (unpaired) electrons. The normalized spacial score (nSPS) is 24.4. The predicted molar refractivity (Wildman–Crippen MR) is 71.5 cm³/mol. The Bertz CT molecular complexity index is 454. The van der Waals surface area contributed by atoms with Crippen LogP contribution in [0.4, 0.5) is 5.69 Å². The lowest BCUT2D eigenvalue weighted by molar-refractivity contribution is -0.124. The summed E-state index contributed by atoms with van der Waals surface area (Å²) < 4.78 is 1.89. The van der Waals surface area contributed by atoms with Gasteiger partial charge in [-0.15, -0.1) is 0 Å². The number of aromatic nitrogens is 2. The summed E-state index contributed by atoms with van der Waals surface area (Å²) in [6, 6.07) is 0. The number of hydrogen-bond acceptors (Lipinski definition) is 3. The van der Waals surface area contributed by atoms with Crippen LogP contribution in [-0.4, -0.2) is 40.7 Å². The van der Waals surface area contributed by atoms with Crippen molar-refractivity contribution in [3.8, 4) is 0 Å². The fourth-order valence-corrected chi connectivity index (χ4v) is 2.54. The molecule has 1 unspecified atom stereocenters. The molecule has 0 saturated carbocycles. The maximum Gasteiger partial charge on any atom is 0.231 e. The summed E-state index contributed by atoms with van der Waals surface area (Å²) in [7, 11) is 2.05. The molecule has 0 aromatic carbocycles. The van der Waals surface area contributed by atoms with Crippen LogP contribution in [0.15, 0.2) is 6.20 Å². The Morgan fingerprint density at radius 1 is 1.61 bits per heavy atom. The van der Waals surface area contributed by atoms with Gasteiger partial charge < -0.3 is 10.2 Å². The maximum absolute atomic E-state index is 12.4. The minimum atomic E-state index is -0.282. The van der Waals surface area contributed by atoms with Gasteiger partial charge in [-0.1, -0.05) is 0 Å². The van der Waals surface area contributed by atoms with E-state index in [4.69, 9.17) is 0 Å². The summed E-state index contributed by atoms with van der Waals surface area (Å²) >= 11 is 0. The molecule has 1 aliphatic heterocycles. The highest BCUT2D eigenvalue weighted by Crippen LogP contribution is 2.30. The Balaban J connectivity index is 2.09. The summed E-state index contributed by atoms with van der Waals surface area (Å²) in [4.78, 5) is 14.6. The van der Waals surface area contributed by atoms with Crippen molar-refractivity contribution < 1.29 is 4.79 Å². The van der Waals surface area contributed by atoms with Crippen molar-refractivity contribution >= 4 is 11.6 Å². The smallest absolute Gasteiger partial charge is 0.231 e. The first-order valence-corrected chi connectivity index (χ1v) is 6.48. The van der Waals surface area contributed by atoms with Crippen molar-refractivity contribution in [3.63, 3.8) is 0 Å². The van der Waals surface area contributed by atoms with Crippen LogP contribution in [0, 0.1) is 12.3 Å². The van der Waals surface area contributed by atoms with Gasteiger partial charge in [0, 0.05) is 13.1 Å². The van der Waals surface area contributed by atoms with E-state index in [0.29, 0.717) is 0 Å². The van der Waals surface area contributed by atoms with E-state index in [2.05, 4.69) is 22.4 Å². The lowest BCUT2D eigenvalue weighted by atomic mass is 9.88. The van der Waals surface area contributed by atoms with Crippen LogP contribution in [0.2, 0.25) is 0 Å². The molecule has 1 aromatic heterocycles. The largest absolute Gasteiger partial charge is 0.323 e. The summed E-state index contributed by atoms with van der Waals surface area (Å²) in [5.74, 6) is 0.102. The zero-order chi connectivity index (χ0) is 13.3. The minimum absolute atomic E-state index is 0.102. The standard InChI is InChI=1S/C13H22N4O/c1-5-17-10(2)11(8-14-17)15-12(18)13(3)6-7-16(4)9-13/h8H,5-7,9H2,1-4H3,(H,15,18). The number of rotatable bonds is 3. The molecule has 2 heterocycles. The van der Waals surface area contributed by atoms with Gasteiger partial charge in [0.1, 0.15) is 0 Å². The number of anilines is 1. The fraction of sp³-hybridized carbons (Fsp3) is 0.692. The Kier molecular flexibility index (Phi) is 3.43. The Morgan fingerprint density at radius 3 is 2.83 bits per heavy atom. The molecule has 1 fully saturated rings. The summed E-state index contributed by atoms with van der Waals surface area (Å²) in [6.45, 7) is 8.68. The first kappa shape index (κ1) is 13.1. The molecule has 5 nitrogen and oxygen atoms in total. The monoisotopic (exact) mass is 250 g/mol. The van der Waals surface area contributed by atoms with Gasteiger partial charge in [0.15, 0.2) is 0 Å².